The summed E-state index contributed by atoms with van der Waals surface area (Å²) in [7, 11) is 0. The topological polar surface area (TPSA) is 46.1 Å². The summed E-state index contributed by atoms with van der Waals surface area (Å²) in [5, 5.41) is 12.2. The zero-order valence-electron chi connectivity index (χ0n) is 11.2. The fourth-order valence-corrected chi connectivity index (χ4v) is 2.93. The highest BCUT2D eigenvalue weighted by atomic mass is 79.9. The van der Waals surface area contributed by atoms with Crippen LogP contribution >= 0.6 is 15.9 Å². The number of rotatable bonds is 6. The lowest BCUT2D eigenvalue weighted by Crippen LogP contribution is -2.92. The lowest BCUT2D eigenvalue weighted by atomic mass is 9.95. The number of hydrogen-bond acceptors (Lipinski definition) is 2. The monoisotopic (exact) mass is 328 g/mol. The van der Waals surface area contributed by atoms with Crippen LogP contribution in [0.15, 0.2) is 28.7 Å². The molecule has 0 radical (unpaired) electrons. The summed E-state index contributed by atoms with van der Waals surface area (Å²) in [5.41, 5.74) is 0. The van der Waals surface area contributed by atoms with Gasteiger partial charge < -0.3 is 15.2 Å². The van der Waals surface area contributed by atoms with Gasteiger partial charge in [0.15, 0.2) is 0 Å². The van der Waals surface area contributed by atoms with Crippen LogP contribution in [0.3, 0.4) is 0 Å². The van der Waals surface area contributed by atoms with Gasteiger partial charge in [-0.3, -0.25) is 0 Å². The number of halogens is 1. The molecular weight excluding hydrogens is 306 g/mol. The molecule has 0 aromatic heterocycles. The molecule has 0 spiro atoms. The van der Waals surface area contributed by atoms with Gasteiger partial charge in [0.25, 0.3) is 0 Å². The molecule has 1 aromatic carbocycles. The highest BCUT2D eigenvalue weighted by Crippen LogP contribution is 2.23. The van der Waals surface area contributed by atoms with Gasteiger partial charge >= 0.3 is 0 Å². The third-order valence-electron chi connectivity index (χ3n) is 3.66. The van der Waals surface area contributed by atoms with Crippen molar-refractivity contribution in [1.29, 1.82) is 0 Å². The molecular formula is C15H23BrNO2+. The zero-order valence-corrected chi connectivity index (χ0v) is 12.8. The molecule has 1 aliphatic carbocycles. The van der Waals surface area contributed by atoms with Crippen LogP contribution in [0.4, 0.5) is 0 Å². The maximum absolute atomic E-state index is 9.96. The van der Waals surface area contributed by atoms with Crippen LogP contribution in [0.2, 0.25) is 0 Å². The molecule has 1 aromatic rings. The average Bonchev–Trinajstić information content (AvgIpc) is 2.45. The van der Waals surface area contributed by atoms with E-state index in [1.165, 1.54) is 32.1 Å². The fourth-order valence-electron chi connectivity index (χ4n) is 2.54. The number of aliphatic hydroxyl groups is 1. The van der Waals surface area contributed by atoms with E-state index in [4.69, 9.17) is 4.74 Å². The summed E-state index contributed by atoms with van der Waals surface area (Å²) in [5.74, 6) is 0.791. The van der Waals surface area contributed by atoms with Crippen LogP contribution in [-0.2, 0) is 0 Å². The highest BCUT2D eigenvalue weighted by molar-refractivity contribution is 9.10. The Hall–Kier alpha value is -0.580. The predicted octanol–water partition coefficient (Wildman–Crippen LogP) is 2.08. The molecule has 0 heterocycles. The molecule has 1 aliphatic rings. The predicted molar refractivity (Wildman–Crippen MR) is 79.3 cm³/mol. The number of para-hydroxylation sites is 1. The summed E-state index contributed by atoms with van der Waals surface area (Å²) in [4.78, 5) is 0. The van der Waals surface area contributed by atoms with Crippen molar-refractivity contribution < 1.29 is 15.2 Å². The van der Waals surface area contributed by atoms with Crippen molar-refractivity contribution in [2.45, 2.75) is 44.2 Å². The Morgan fingerprint density at radius 2 is 2.00 bits per heavy atom. The molecule has 3 nitrogen and oxygen atoms in total. The zero-order chi connectivity index (χ0) is 13.5. The van der Waals surface area contributed by atoms with Crippen LogP contribution < -0.4 is 10.1 Å². The second kappa shape index (κ2) is 7.88. The highest BCUT2D eigenvalue weighted by Gasteiger charge is 2.18. The normalized spacial score (nSPS) is 18.2. The van der Waals surface area contributed by atoms with Crippen LogP contribution in [0, 0.1) is 0 Å². The first kappa shape index (κ1) is 14.8. The van der Waals surface area contributed by atoms with E-state index >= 15 is 0 Å². The van der Waals surface area contributed by atoms with Crippen LogP contribution in [0.5, 0.6) is 5.75 Å². The quantitative estimate of drug-likeness (QED) is 0.839. The first-order valence-electron chi connectivity index (χ1n) is 7.14. The van der Waals surface area contributed by atoms with Gasteiger partial charge in [0.05, 0.1) is 10.5 Å². The Bertz CT molecular complexity index is 380. The number of aliphatic hydroxyl groups excluding tert-OH is 1. The van der Waals surface area contributed by atoms with Gasteiger partial charge in [-0.1, -0.05) is 18.6 Å². The van der Waals surface area contributed by atoms with Crippen molar-refractivity contribution in [3.63, 3.8) is 0 Å². The number of quaternary nitrogens is 1. The summed E-state index contributed by atoms with van der Waals surface area (Å²) >= 11 is 3.43. The lowest BCUT2D eigenvalue weighted by molar-refractivity contribution is -0.697. The van der Waals surface area contributed by atoms with Crippen molar-refractivity contribution in [3.05, 3.63) is 28.7 Å². The van der Waals surface area contributed by atoms with Crippen LogP contribution in [0.1, 0.15) is 32.1 Å². The summed E-state index contributed by atoms with van der Waals surface area (Å²) in [6.45, 7) is 1.08. The lowest BCUT2D eigenvalue weighted by Gasteiger charge is -2.21. The number of ether oxygens (including phenoxy) is 1. The average molecular weight is 329 g/mol. The second-order valence-corrected chi connectivity index (χ2v) is 6.12. The van der Waals surface area contributed by atoms with E-state index < -0.39 is 6.10 Å². The molecule has 3 N–H and O–H groups in total. The Morgan fingerprint density at radius 1 is 1.26 bits per heavy atom. The third kappa shape index (κ3) is 5.13. The summed E-state index contributed by atoms with van der Waals surface area (Å²) < 4.78 is 6.55. The molecule has 0 aliphatic heterocycles. The first-order chi connectivity index (χ1) is 9.25. The smallest absolute Gasteiger partial charge is 0.137 e. The fraction of sp³-hybridized carbons (Fsp3) is 0.600. The van der Waals surface area contributed by atoms with Gasteiger partial charge in [0.2, 0.25) is 0 Å². The molecule has 1 fully saturated rings. The van der Waals surface area contributed by atoms with Crippen molar-refractivity contribution in [2.75, 3.05) is 13.2 Å². The van der Waals surface area contributed by atoms with Crippen molar-refractivity contribution in [3.8, 4) is 5.75 Å². The van der Waals surface area contributed by atoms with E-state index in [1.807, 2.05) is 24.3 Å². The maximum atomic E-state index is 9.96. The summed E-state index contributed by atoms with van der Waals surface area (Å²) in [6.07, 6.45) is 6.22. The molecule has 2 rings (SSSR count). The molecule has 0 saturated heterocycles. The SMILES string of the molecule is O[C@H](C[NH2+]C1CCCCC1)COc1ccccc1Br. The number of benzene rings is 1. The Labute approximate surface area is 123 Å². The first-order valence-corrected chi connectivity index (χ1v) is 7.93. The van der Waals surface area contributed by atoms with Crippen LogP contribution in [0.25, 0.3) is 0 Å². The molecule has 0 unspecified atom stereocenters. The standard InChI is InChI=1S/C15H22BrNO2/c16-14-8-4-5-9-15(14)19-11-13(18)10-17-12-6-2-1-3-7-12/h4-5,8-9,12-13,17-18H,1-3,6-7,10-11H2/p+1/t13-/m1/s1. The molecule has 1 saturated carbocycles. The number of hydrogen-bond donors (Lipinski definition) is 2. The maximum Gasteiger partial charge on any atom is 0.137 e. The Kier molecular flexibility index (Phi) is 6.14. The Morgan fingerprint density at radius 3 is 2.74 bits per heavy atom. The van der Waals surface area contributed by atoms with Crippen molar-refractivity contribution >= 4 is 15.9 Å². The van der Waals surface area contributed by atoms with Gasteiger partial charge in [-0.2, -0.15) is 0 Å². The van der Waals surface area contributed by atoms with Gasteiger partial charge in [-0.05, 0) is 53.7 Å². The third-order valence-corrected chi connectivity index (χ3v) is 4.31. The van der Waals surface area contributed by atoms with E-state index in [9.17, 15) is 5.11 Å². The molecule has 0 bridgehead atoms. The van der Waals surface area contributed by atoms with Gasteiger partial charge in [-0.25, -0.2) is 0 Å². The van der Waals surface area contributed by atoms with Crippen LogP contribution in [-0.4, -0.2) is 30.4 Å². The Balaban J connectivity index is 1.66. The van der Waals surface area contributed by atoms with E-state index in [0.29, 0.717) is 12.6 Å². The molecule has 4 heteroatoms. The molecule has 1 atom stereocenters. The largest absolute Gasteiger partial charge is 0.489 e. The van der Waals surface area contributed by atoms with E-state index in [-0.39, 0.29) is 0 Å². The summed E-state index contributed by atoms with van der Waals surface area (Å²) in [6, 6.07) is 8.43. The van der Waals surface area contributed by atoms with Crippen molar-refractivity contribution in [2.24, 2.45) is 0 Å². The minimum Gasteiger partial charge on any atom is -0.489 e. The molecule has 106 valence electrons. The van der Waals surface area contributed by atoms with Gasteiger partial charge in [-0.15, -0.1) is 0 Å². The minimum absolute atomic E-state index is 0.353. The van der Waals surface area contributed by atoms with Gasteiger partial charge in [0.1, 0.15) is 25.0 Å². The second-order valence-electron chi connectivity index (χ2n) is 5.26. The minimum atomic E-state index is -0.408. The van der Waals surface area contributed by atoms with E-state index in [2.05, 4.69) is 21.2 Å². The van der Waals surface area contributed by atoms with Crippen molar-refractivity contribution in [1.82, 2.24) is 0 Å². The van der Waals surface area contributed by atoms with Gasteiger partial charge in [0, 0.05) is 0 Å². The van der Waals surface area contributed by atoms with E-state index in [1.54, 1.807) is 0 Å². The number of nitrogens with two attached hydrogens (primary N) is 1. The molecule has 19 heavy (non-hydrogen) atoms. The molecule has 0 amide bonds. The van der Waals surface area contributed by atoms with E-state index in [0.717, 1.165) is 16.8 Å².